The Labute approximate surface area is 120 Å². The van der Waals surface area contributed by atoms with Crippen LogP contribution >= 0.6 is 0 Å². The molecule has 1 fully saturated rings. The maximum Gasteiger partial charge on any atom is 0.0705 e. The predicted octanol–water partition coefficient (Wildman–Crippen LogP) is 2.83. The van der Waals surface area contributed by atoms with Gasteiger partial charge in [-0.15, -0.1) is 0 Å². The van der Waals surface area contributed by atoms with E-state index in [2.05, 4.69) is 34.1 Å². The van der Waals surface area contributed by atoms with Crippen molar-refractivity contribution in [1.29, 1.82) is 0 Å². The lowest BCUT2D eigenvalue weighted by Gasteiger charge is -2.32. The van der Waals surface area contributed by atoms with Gasteiger partial charge in [-0.1, -0.05) is 18.2 Å². The Bertz CT molecular complexity index is 562. The van der Waals surface area contributed by atoms with Gasteiger partial charge in [-0.05, 0) is 49.4 Å². The van der Waals surface area contributed by atoms with E-state index in [1.165, 1.54) is 30.3 Å². The Balaban J connectivity index is 1.76. The van der Waals surface area contributed by atoms with Crippen molar-refractivity contribution in [3.05, 3.63) is 42.1 Å². The first kappa shape index (κ1) is 13.5. The molecule has 0 bridgehead atoms. The Morgan fingerprint density at radius 3 is 3.05 bits per heavy atom. The second-order valence-electron chi connectivity index (χ2n) is 5.74. The lowest BCUT2D eigenvalue weighted by Crippen LogP contribution is -2.35. The van der Waals surface area contributed by atoms with E-state index in [9.17, 15) is 0 Å². The molecule has 106 valence electrons. The summed E-state index contributed by atoms with van der Waals surface area (Å²) >= 11 is 0. The number of benzene rings is 1. The van der Waals surface area contributed by atoms with Gasteiger partial charge in [0.25, 0.3) is 0 Å². The number of hydrogen-bond acceptors (Lipinski definition) is 3. The number of hydrogen-bond donors (Lipinski definition) is 1. The minimum Gasteiger partial charge on any atom is -0.396 e. The number of nitrogens with zero attached hydrogens (tertiary/aromatic N) is 2. The molecular formula is C17H22N2O. The highest BCUT2D eigenvalue weighted by Gasteiger charge is 2.19. The molecule has 0 aliphatic carbocycles. The van der Waals surface area contributed by atoms with Crippen LogP contribution in [0.1, 0.15) is 24.8 Å². The fourth-order valence-corrected chi connectivity index (χ4v) is 3.25. The molecule has 1 unspecified atom stereocenters. The first-order valence-corrected chi connectivity index (χ1v) is 7.52. The van der Waals surface area contributed by atoms with Crippen LogP contribution in [0.5, 0.6) is 0 Å². The largest absolute Gasteiger partial charge is 0.396 e. The van der Waals surface area contributed by atoms with Gasteiger partial charge in [0.05, 0.1) is 5.52 Å². The molecule has 0 amide bonds. The molecule has 0 spiro atoms. The summed E-state index contributed by atoms with van der Waals surface area (Å²) in [6.45, 7) is 3.58. The monoisotopic (exact) mass is 270 g/mol. The average molecular weight is 270 g/mol. The van der Waals surface area contributed by atoms with Crippen LogP contribution in [0.15, 0.2) is 36.5 Å². The first-order chi connectivity index (χ1) is 9.86. The van der Waals surface area contributed by atoms with E-state index in [1.54, 1.807) is 0 Å². The van der Waals surface area contributed by atoms with Gasteiger partial charge in [-0.3, -0.25) is 9.88 Å². The lowest BCUT2D eigenvalue weighted by atomic mass is 9.94. The highest BCUT2D eigenvalue weighted by Crippen LogP contribution is 2.23. The summed E-state index contributed by atoms with van der Waals surface area (Å²) in [5, 5.41) is 10.4. The Hall–Kier alpha value is -1.45. The van der Waals surface area contributed by atoms with Crippen LogP contribution in [-0.2, 0) is 6.54 Å². The zero-order valence-electron chi connectivity index (χ0n) is 11.8. The summed E-state index contributed by atoms with van der Waals surface area (Å²) in [5.41, 5.74) is 2.44. The number of rotatable bonds is 4. The molecule has 0 radical (unpaired) electrons. The molecule has 1 atom stereocenters. The molecule has 0 saturated carbocycles. The molecule has 2 heterocycles. The van der Waals surface area contributed by atoms with Crippen molar-refractivity contribution in [2.45, 2.75) is 25.8 Å². The summed E-state index contributed by atoms with van der Waals surface area (Å²) in [4.78, 5) is 6.95. The van der Waals surface area contributed by atoms with Crippen LogP contribution in [0.2, 0.25) is 0 Å². The second-order valence-corrected chi connectivity index (χ2v) is 5.74. The van der Waals surface area contributed by atoms with Crippen molar-refractivity contribution >= 4 is 10.9 Å². The van der Waals surface area contributed by atoms with Gasteiger partial charge in [0.2, 0.25) is 0 Å². The fraction of sp³-hybridized carbons (Fsp3) is 0.471. The van der Waals surface area contributed by atoms with Gasteiger partial charge < -0.3 is 5.11 Å². The maximum absolute atomic E-state index is 9.11. The molecule has 3 nitrogen and oxygen atoms in total. The molecule has 1 N–H and O–H groups in total. The third-order valence-corrected chi connectivity index (χ3v) is 4.27. The van der Waals surface area contributed by atoms with Crippen LogP contribution in [-0.4, -0.2) is 34.7 Å². The number of piperidine rings is 1. The van der Waals surface area contributed by atoms with Crippen molar-refractivity contribution in [1.82, 2.24) is 9.88 Å². The van der Waals surface area contributed by atoms with Gasteiger partial charge in [0, 0.05) is 31.3 Å². The molecule has 1 saturated heterocycles. The molecule has 1 aliphatic rings. The average Bonchev–Trinajstić information content (AvgIpc) is 2.48. The van der Waals surface area contributed by atoms with Crippen LogP contribution in [0.4, 0.5) is 0 Å². The lowest BCUT2D eigenvalue weighted by molar-refractivity contribution is 0.143. The van der Waals surface area contributed by atoms with Gasteiger partial charge >= 0.3 is 0 Å². The Morgan fingerprint density at radius 2 is 2.15 bits per heavy atom. The topological polar surface area (TPSA) is 36.4 Å². The molecule has 1 aromatic carbocycles. The Kier molecular flexibility index (Phi) is 4.28. The standard InChI is InChI=1S/C17H22N2O/c20-11-8-14-4-3-10-19(12-14)13-15-7-9-18-17-6-2-1-5-16(15)17/h1-2,5-7,9,14,20H,3-4,8,10-13H2. The van der Waals surface area contributed by atoms with Crippen LogP contribution in [0, 0.1) is 5.92 Å². The van der Waals surface area contributed by atoms with Crippen LogP contribution < -0.4 is 0 Å². The number of aliphatic hydroxyl groups is 1. The van der Waals surface area contributed by atoms with E-state index in [-0.39, 0.29) is 0 Å². The van der Waals surface area contributed by atoms with Crippen LogP contribution in [0.3, 0.4) is 0 Å². The summed E-state index contributed by atoms with van der Waals surface area (Å²) in [5.74, 6) is 0.654. The highest BCUT2D eigenvalue weighted by molar-refractivity contribution is 5.81. The molecular weight excluding hydrogens is 248 g/mol. The summed E-state index contributed by atoms with van der Waals surface area (Å²) in [6, 6.07) is 10.5. The fourth-order valence-electron chi connectivity index (χ4n) is 3.25. The molecule has 1 aliphatic heterocycles. The van der Waals surface area contributed by atoms with Gasteiger partial charge in [-0.2, -0.15) is 0 Å². The molecule has 3 heteroatoms. The number of pyridine rings is 1. The normalized spacial score (nSPS) is 20.4. The van der Waals surface area contributed by atoms with E-state index >= 15 is 0 Å². The van der Waals surface area contributed by atoms with Gasteiger partial charge in [-0.25, -0.2) is 0 Å². The van der Waals surface area contributed by atoms with E-state index in [0.717, 1.165) is 25.0 Å². The van der Waals surface area contributed by atoms with E-state index < -0.39 is 0 Å². The number of likely N-dealkylation sites (tertiary alicyclic amines) is 1. The third kappa shape index (κ3) is 3.00. The maximum atomic E-state index is 9.11. The third-order valence-electron chi connectivity index (χ3n) is 4.27. The number of aromatic nitrogens is 1. The highest BCUT2D eigenvalue weighted by atomic mass is 16.3. The minimum atomic E-state index is 0.316. The van der Waals surface area contributed by atoms with Crippen molar-refractivity contribution in [3.8, 4) is 0 Å². The summed E-state index contributed by atoms with van der Waals surface area (Å²) in [6.07, 6.45) is 5.35. The van der Waals surface area contributed by atoms with Crippen molar-refractivity contribution in [2.75, 3.05) is 19.7 Å². The first-order valence-electron chi connectivity index (χ1n) is 7.52. The SMILES string of the molecule is OCCC1CCCN(Cc2ccnc3ccccc23)C1. The second kappa shape index (κ2) is 6.33. The number of aliphatic hydroxyl groups excluding tert-OH is 1. The summed E-state index contributed by atoms with van der Waals surface area (Å²) < 4.78 is 0. The zero-order chi connectivity index (χ0) is 13.8. The van der Waals surface area contributed by atoms with Crippen molar-refractivity contribution in [2.24, 2.45) is 5.92 Å². The quantitative estimate of drug-likeness (QED) is 0.928. The summed E-state index contributed by atoms with van der Waals surface area (Å²) in [7, 11) is 0. The van der Waals surface area contributed by atoms with E-state index in [1.807, 2.05) is 12.3 Å². The van der Waals surface area contributed by atoms with Gasteiger partial charge in [0.1, 0.15) is 0 Å². The minimum absolute atomic E-state index is 0.316. The molecule has 20 heavy (non-hydrogen) atoms. The zero-order valence-corrected chi connectivity index (χ0v) is 11.8. The molecule has 1 aromatic heterocycles. The van der Waals surface area contributed by atoms with Gasteiger partial charge in [0.15, 0.2) is 0 Å². The smallest absolute Gasteiger partial charge is 0.0705 e. The van der Waals surface area contributed by atoms with Crippen molar-refractivity contribution < 1.29 is 5.11 Å². The van der Waals surface area contributed by atoms with E-state index in [4.69, 9.17) is 5.11 Å². The predicted molar refractivity (Wildman–Crippen MR) is 81.4 cm³/mol. The number of fused-ring (bicyclic) bond motifs is 1. The van der Waals surface area contributed by atoms with E-state index in [0.29, 0.717) is 12.5 Å². The van der Waals surface area contributed by atoms with Crippen molar-refractivity contribution in [3.63, 3.8) is 0 Å². The molecule has 3 rings (SSSR count). The molecule has 2 aromatic rings. The Morgan fingerprint density at radius 1 is 1.25 bits per heavy atom. The number of para-hydroxylation sites is 1. The van der Waals surface area contributed by atoms with Crippen LogP contribution in [0.25, 0.3) is 10.9 Å².